The van der Waals surface area contributed by atoms with Crippen molar-refractivity contribution in [2.24, 2.45) is 0 Å². The maximum Gasteiger partial charge on any atom is 0.205 e. The van der Waals surface area contributed by atoms with Gasteiger partial charge >= 0.3 is 0 Å². The first-order valence-electron chi connectivity index (χ1n) is 6.51. The molecule has 2 rings (SSSR count). The number of hydrogen-bond donors (Lipinski definition) is 0. The largest absolute Gasteiger partial charge is 0.358 e. The molecule has 1 aromatic carbocycles. The summed E-state index contributed by atoms with van der Waals surface area (Å²) in [7, 11) is -3.55. The highest BCUT2D eigenvalue weighted by Crippen LogP contribution is 2.37. The van der Waals surface area contributed by atoms with Crippen LogP contribution in [-0.4, -0.2) is 20.1 Å². The number of sulfone groups is 1. The third-order valence-corrected chi connectivity index (χ3v) is 5.10. The molecule has 0 bridgehead atoms. The Balaban J connectivity index is 2.52. The maximum absolute atomic E-state index is 12.8. The molecular formula is C16H20O3S. The molecule has 108 valence electrons. The highest BCUT2D eigenvalue weighted by Gasteiger charge is 2.39. The fourth-order valence-electron chi connectivity index (χ4n) is 2.23. The van der Waals surface area contributed by atoms with Crippen LogP contribution in [0.15, 0.2) is 52.3 Å². The molecule has 20 heavy (non-hydrogen) atoms. The monoisotopic (exact) mass is 292 g/mol. The fraction of sp³-hybridized carbons (Fsp3) is 0.375. The zero-order valence-electron chi connectivity index (χ0n) is 12.3. The Hall–Kier alpha value is -1.39. The van der Waals surface area contributed by atoms with Gasteiger partial charge in [-0.05, 0) is 51.5 Å². The molecule has 0 saturated heterocycles. The fourth-order valence-corrected chi connectivity index (χ4v) is 3.97. The molecule has 0 saturated carbocycles. The van der Waals surface area contributed by atoms with E-state index >= 15 is 0 Å². The predicted octanol–water partition coefficient (Wildman–Crippen LogP) is 3.41. The van der Waals surface area contributed by atoms with Crippen molar-refractivity contribution in [3.05, 3.63) is 53.0 Å². The van der Waals surface area contributed by atoms with E-state index < -0.39 is 21.5 Å². The first-order valence-corrected chi connectivity index (χ1v) is 7.99. The standard InChI is InChI=1S/C16H20O3S/c1-11(2)15-14(10-16(4,5)19-15)20(17,18)13-8-6-12(3)7-9-13/h6-10,15H,1H2,2-5H3. The first kappa shape index (κ1) is 15.0. The lowest BCUT2D eigenvalue weighted by atomic mass is 10.1. The van der Waals surface area contributed by atoms with E-state index in [4.69, 9.17) is 4.74 Å². The van der Waals surface area contributed by atoms with Crippen molar-refractivity contribution < 1.29 is 13.2 Å². The van der Waals surface area contributed by atoms with E-state index in [0.717, 1.165) is 5.56 Å². The van der Waals surface area contributed by atoms with E-state index in [-0.39, 0.29) is 0 Å². The minimum absolute atomic E-state index is 0.291. The summed E-state index contributed by atoms with van der Waals surface area (Å²) in [6.07, 6.45) is 1.11. The lowest BCUT2D eigenvalue weighted by Gasteiger charge is -2.20. The van der Waals surface area contributed by atoms with Crippen molar-refractivity contribution in [1.82, 2.24) is 0 Å². The second-order valence-electron chi connectivity index (χ2n) is 5.81. The van der Waals surface area contributed by atoms with Crippen LogP contribution in [0.2, 0.25) is 0 Å². The second kappa shape index (κ2) is 4.86. The average Bonchev–Trinajstić information content (AvgIpc) is 2.67. The molecule has 0 fully saturated rings. The van der Waals surface area contributed by atoms with Crippen LogP contribution in [0.4, 0.5) is 0 Å². The van der Waals surface area contributed by atoms with Gasteiger partial charge < -0.3 is 4.74 Å². The predicted molar refractivity (Wildman–Crippen MR) is 80.2 cm³/mol. The van der Waals surface area contributed by atoms with Gasteiger partial charge in [-0.3, -0.25) is 0 Å². The smallest absolute Gasteiger partial charge is 0.205 e. The van der Waals surface area contributed by atoms with Crippen LogP contribution in [0.25, 0.3) is 0 Å². The summed E-state index contributed by atoms with van der Waals surface area (Å²) in [4.78, 5) is 0.584. The molecule has 0 radical (unpaired) electrons. The SMILES string of the molecule is C=C(C)C1OC(C)(C)C=C1S(=O)(=O)c1ccc(C)cc1. The van der Waals surface area contributed by atoms with Gasteiger partial charge in [-0.1, -0.05) is 24.3 Å². The van der Waals surface area contributed by atoms with Gasteiger partial charge in [0.2, 0.25) is 9.84 Å². The molecule has 4 heteroatoms. The van der Waals surface area contributed by atoms with Gasteiger partial charge in [0, 0.05) is 0 Å². The number of hydrogen-bond acceptors (Lipinski definition) is 3. The Morgan fingerprint density at radius 2 is 1.80 bits per heavy atom. The minimum atomic E-state index is -3.55. The molecular weight excluding hydrogens is 272 g/mol. The molecule has 3 nitrogen and oxygen atoms in total. The molecule has 1 aromatic rings. The number of rotatable bonds is 3. The van der Waals surface area contributed by atoms with E-state index in [1.54, 1.807) is 37.3 Å². The van der Waals surface area contributed by atoms with Crippen molar-refractivity contribution in [1.29, 1.82) is 0 Å². The van der Waals surface area contributed by atoms with Gasteiger partial charge in [-0.15, -0.1) is 0 Å². The summed E-state index contributed by atoms with van der Waals surface area (Å²) in [5.74, 6) is 0. The number of benzene rings is 1. The van der Waals surface area contributed by atoms with Crippen molar-refractivity contribution >= 4 is 9.84 Å². The Labute approximate surface area is 120 Å². The average molecular weight is 292 g/mol. The van der Waals surface area contributed by atoms with Crippen molar-refractivity contribution in [3.8, 4) is 0 Å². The van der Waals surface area contributed by atoms with Gasteiger partial charge in [-0.25, -0.2) is 8.42 Å². The Morgan fingerprint density at radius 1 is 1.25 bits per heavy atom. The first-order chi connectivity index (χ1) is 9.13. The highest BCUT2D eigenvalue weighted by molar-refractivity contribution is 7.95. The Kier molecular flexibility index (Phi) is 3.65. The summed E-state index contributed by atoms with van der Waals surface area (Å²) in [5.41, 5.74) is 1.12. The summed E-state index contributed by atoms with van der Waals surface area (Å²) < 4.78 is 31.3. The lowest BCUT2D eigenvalue weighted by molar-refractivity contribution is 0.0174. The van der Waals surface area contributed by atoms with Crippen molar-refractivity contribution in [2.75, 3.05) is 0 Å². The summed E-state index contributed by atoms with van der Waals surface area (Å²) in [6.45, 7) is 11.2. The van der Waals surface area contributed by atoms with Gasteiger partial charge in [-0.2, -0.15) is 0 Å². The quantitative estimate of drug-likeness (QED) is 0.802. The molecule has 0 aromatic heterocycles. The third kappa shape index (κ3) is 2.72. The zero-order valence-corrected chi connectivity index (χ0v) is 13.1. The number of aryl methyl sites for hydroxylation is 1. The van der Waals surface area contributed by atoms with Crippen molar-refractivity contribution in [3.63, 3.8) is 0 Å². The van der Waals surface area contributed by atoms with Crippen LogP contribution >= 0.6 is 0 Å². The molecule has 0 spiro atoms. The van der Waals surface area contributed by atoms with Crippen LogP contribution in [-0.2, 0) is 14.6 Å². The Bertz CT molecular complexity index is 664. The van der Waals surface area contributed by atoms with E-state index in [1.165, 1.54) is 0 Å². The van der Waals surface area contributed by atoms with Gasteiger partial charge in [0.1, 0.15) is 6.10 Å². The topological polar surface area (TPSA) is 43.4 Å². The molecule has 1 heterocycles. The van der Waals surface area contributed by atoms with Crippen LogP contribution < -0.4 is 0 Å². The van der Waals surface area contributed by atoms with E-state index in [9.17, 15) is 8.42 Å². The molecule has 1 atom stereocenters. The third-order valence-electron chi connectivity index (χ3n) is 3.26. The van der Waals surface area contributed by atoms with Crippen LogP contribution in [0, 0.1) is 6.92 Å². The Morgan fingerprint density at radius 3 is 2.30 bits per heavy atom. The van der Waals surface area contributed by atoms with E-state index in [0.29, 0.717) is 15.4 Å². The van der Waals surface area contributed by atoms with E-state index in [1.807, 2.05) is 20.8 Å². The molecule has 1 aliphatic heterocycles. The van der Waals surface area contributed by atoms with Crippen molar-refractivity contribution in [2.45, 2.75) is 44.3 Å². The number of ether oxygens (including phenoxy) is 1. The lowest BCUT2D eigenvalue weighted by Crippen LogP contribution is -2.23. The molecule has 1 aliphatic rings. The molecule has 0 N–H and O–H groups in total. The van der Waals surface area contributed by atoms with Gasteiger partial charge in [0.25, 0.3) is 0 Å². The van der Waals surface area contributed by atoms with Crippen LogP contribution in [0.1, 0.15) is 26.3 Å². The second-order valence-corrected chi connectivity index (χ2v) is 7.76. The summed E-state index contributed by atoms with van der Waals surface area (Å²) in [6, 6.07) is 6.85. The minimum Gasteiger partial charge on any atom is -0.358 e. The van der Waals surface area contributed by atoms with Gasteiger partial charge in [0.15, 0.2) is 0 Å². The molecule has 0 amide bonds. The van der Waals surface area contributed by atoms with E-state index in [2.05, 4.69) is 6.58 Å². The molecule has 0 aliphatic carbocycles. The molecule has 1 unspecified atom stereocenters. The zero-order chi connectivity index (χ0) is 15.1. The maximum atomic E-state index is 12.8. The summed E-state index contributed by atoms with van der Waals surface area (Å²) in [5, 5.41) is 0. The normalized spacial score (nSPS) is 21.6. The van der Waals surface area contributed by atoms with Crippen LogP contribution in [0.5, 0.6) is 0 Å². The van der Waals surface area contributed by atoms with Gasteiger partial charge in [0.05, 0.1) is 15.4 Å². The van der Waals surface area contributed by atoms with Crippen LogP contribution in [0.3, 0.4) is 0 Å². The highest BCUT2D eigenvalue weighted by atomic mass is 32.2. The summed E-state index contributed by atoms with van der Waals surface area (Å²) >= 11 is 0.